The minimum Gasteiger partial charge on any atom is -0.382 e. The second-order valence-corrected chi connectivity index (χ2v) is 5.58. The zero-order valence-electron chi connectivity index (χ0n) is 12.6. The maximum Gasteiger partial charge on any atom is 0.114 e. The van der Waals surface area contributed by atoms with E-state index in [4.69, 9.17) is 5.73 Å². The number of hydrogen-bond acceptors (Lipinski definition) is 3. The van der Waals surface area contributed by atoms with Crippen LogP contribution in [0.1, 0.15) is 11.1 Å². The summed E-state index contributed by atoms with van der Waals surface area (Å²) in [5.41, 5.74) is 7.00. The normalized spacial score (nSPS) is 14.1. The molecule has 0 heterocycles. The first-order chi connectivity index (χ1) is 10.1. The van der Waals surface area contributed by atoms with E-state index in [0.29, 0.717) is 6.54 Å². The number of benzene rings is 2. The van der Waals surface area contributed by atoms with E-state index in [1.807, 2.05) is 43.4 Å². The molecule has 2 aromatic carbocycles. The van der Waals surface area contributed by atoms with Crippen molar-refractivity contribution in [2.75, 3.05) is 26.7 Å². The maximum absolute atomic E-state index is 10.8. The molecular weight excluding hydrogens is 260 g/mol. The number of nitrogens with two attached hydrogens (primary N) is 1. The number of aliphatic hydroxyl groups is 1. The summed E-state index contributed by atoms with van der Waals surface area (Å²) in [6, 6.07) is 20.0. The monoisotopic (exact) mass is 284 g/mol. The molecular formula is C18H24N2O. The van der Waals surface area contributed by atoms with Crippen LogP contribution >= 0.6 is 0 Å². The molecule has 0 fully saturated rings. The molecule has 0 aliphatic heterocycles. The van der Waals surface area contributed by atoms with Crippen LogP contribution in [0.25, 0.3) is 0 Å². The molecule has 0 aliphatic carbocycles. The molecule has 0 radical (unpaired) electrons. The highest BCUT2D eigenvalue weighted by Gasteiger charge is 2.28. The molecule has 3 nitrogen and oxygen atoms in total. The number of hydrogen-bond donors (Lipinski definition) is 2. The molecule has 2 rings (SSSR count). The average molecular weight is 284 g/mol. The van der Waals surface area contributed by atoms with Gasteiger partial charge in [0.2, 0.25) is 0 Å². The van der Waals surface area contributed by atoms with Crippen LogP contribution in [0.5, 0.6) is 0 Å². The Morgan fingerprint density at radius 1 is 1.00 bits per heavy atom. The van der Waals surface area contributed by atoms with E-state index >= 15 is 0 Å². The van der Waals surface area contributed by atoms with Gasteiger partial charge in [-0.05, 0) is 24.6 Å². The minimum absolute atomic E-state index is 0.215. The largest absolute Gasteiger partial charge is 0.382 e. The van der Waals surface area contributed by atoms with E-state index in [1.165, 1.54) is 5.56 Å². The molecule has 0 saturated heterocycles. The van der Waals surface area contributed by atoms with Crippen molar-refractivity contribution in [3.63, 3.8) is 0 Å². The predicted molar refractivity (Wildman–Crippen MR) is 87.0 cm³/mol. The van der Waals surface area contributed by atoms with Gasteiger partial charge in [0.05, 0.1) is 0 Å². The van der Waals surface area contributed by atoms with Crippen molar-refractivity contribution in [2.45, 2.75) is 12.0 Å². The third kappa shape index (κ3) is 4.39. The molecule has 0 amide bonds. The van der Waals surface area contributed by atoms with Crippen molar-refractivity contribution in [3.05, 3.63) is 71.8 Å². The van der Waals surface area contributed by atoms with Crippen molar-refractivity contribution in [1.82, 2.24) is 4.90 Å². The molecule has 1 unspecified atom stereocenters. The molecule has 0 bridgehead atoms. The zero-order valence-corrected chi connectivity index (χ0v) is 12.6. The van der Waals surface area contributed by atoms with E-state index in [1.54, 1.807) is 0 Å². The van der Waals surface area contributed by atoms with Gasteiger partial charge < -0.3 is 15.7 Å². The summed E-state index contributed by atoms with van der Waals surface area (Å²) in [6.45, 7) is 1.63. The molecule has 112 valence electrons. The number of likely N-dealkylation sites (N-methyl/N-ethyl adjacent to an activating group) is 1. The third-order valence-corrected chi connectivity index (χ3v) is 3.81. The van der Waals surface area contributed by atoms with Gasteiger partial charge in [-0.2, -0.15) is 0 Å². The minimum atomic E-state index is -0.993. The summed E-state index contributed by atoms with van der Waals surface area (Å²) >= 11 is 0. The van der Waals surface area contributed by atoms with E-state index in [9.17, 15) is 5.11 Å². The van der Waals surface area contributed by atoms with E-state index in [2.05, 4.69) is 29.2 Å². The first-order valence-corrected chi connectivity index (χ1v) is 7.34. The Morgan fingerprint density at radius 3 is 2.14 bits per heavy atom. The maximum atomic E-state index is 10.8. The van der Waals surface area contributed by atoms with Crippen LogP contribution in [-0.2, 0) is 12.0 Å². The van der Waals surface area contributed by atoms with Gasteiger partial charge in [0.1, 0.15) is 5.60 Å². The Morgan fingerprint density at radius 2 is 1.57 bits per heavy atom. The zero-order chi connectivity index (χ0) is 15.1. The summed E-state index contributed by atoms with van der Waals surface area (Å²) in [7, 11) is 2.02. The van der Waals surface area contributed by atoms with Crippen molar-refractivity contribution in [3.8, 4) is 0 Å². The van der Waals surface area contributed by atoms with E-state index in [-0.39, 0.29) is 6.54 Å². The fraction of sp³-hybridized carbons (Fsp3) is 0.333. The lowest BCUT2D eigenvalue weighted by Gasteiger charge is -2.32. The van der Waals surface area contributed by atoms with Gasteiger partial charge in [0, 0.05) is 19.6 Å². The Labute approximate surface area is 127 Å². The van der Waals surface area contributed by atoms with Gasteiger partial charge in [0.25, 0.3) is 0 Å². The van der Waals surface area contributed by atoms with Crippen molar-refractivity contribution in [1.29, 1.82) is 0 Å². The predicted octanol–water partition coefficient (Wildman–Crippen LogP) is 2.01. The van der Waals surface area contributed by atoms with Gasteiger partial charge in [-0.3, -0.25) is 0 Å². The first kappa shape index (κ1) is 15.7. The molecule has 0 aromatic heterocycles. The molecule has 3 heteroatoms. The Bertz CT molecular complexity index is 529. The second-order valence-electron chi connectivity index (χ2n) is 5.58. The lowest BCUT2D eigenvalue weighted by Crippen LogP contribution is -2.45. The molecule has 0 spiro atoms. The quantitative estimate of drug-likeness (QED) is 0.817. The fourth-order valence-electron chi connectivity index (χ4n) is 2.51. The van der Waals surface area contributed by atoms with Crippen LogP contribution in [0.2, 0.25) is 0 Å². The van der Waals surface area contributed by atoms with Crippen molar-refractivity contribution >= 4 is 0 Å². The Hall–Kier alpha value is -1.68. The smallest absolute Gasteiger partial charge is 0.114 e. The van der Waals surface area contributed by atoms with Gasteiger partial charge in [-0.15, -0.1) is 0 Å². The Balaban J connectivity index is 1.95. The molecule has 3 N–H and O–H groups in total. The van der Waals surface area contributed by atoms with Crippen LogP contribution in [-0.4, -0.2) is 36.7 Å². The van der Waals surface area contributed by atoms with Crippen molar-refractivity contribution < 1.29 is 5.11 Å². The summed E-state index contributed by atoms with van der Waals surface area (Å²) in [6.07, 6.45) is 0.965. The van der Waals surface area contributed by atoms with Crippen LogP contribution in [0, 0.1) is 0 Å². The van der Waals surface area contributed by atoms with Crippen LogP contribution in [0.3, 0.4) is 0 Å². The van der Waals surface area contributed by atoms with Crippen LogP contribution in [0.15, 0.2) is 60.7 Å². The SMILES string of the molecule is CN(CCc1ccccc1)CC(O)(CN)c1ccccc1. The second kappa shape index (κ2) is 7.36. The van der Waals surface area contributed by atoms with Crippen molar-refractivity contribution in [2.24, 2.45) is 5.73 Å². The van der Waals surface area contributed by atoms with Crippen LogP contribution < -0.4 is 5.73 Å². The van der Waals surface area contributed by atoms with Gasteiger partial charge in [-0.25, -0.2) is 0 Å². The molecule has 0 aliphatic rings. The number of rotatable bonds is 7. The summed E-state index contributed by atoms with van der Waals surface area (Å²) in [4.78, 5) is 2.13. The van der Waals surface area contributed by atoms with E-state index < -0.39 is 5.60 Å². The van der Waals surface area contributed by atoms with Crippen LogP contribution in [0.4, 0.5) is 0 Å². The highest BCUT2D eigenvalue weighted by molar-refractivity contribution is 5.23. The van der Waals surface area contributed by atoms with Gasteiger partial charge in [-0.1, -0.05) is 60.7 Å². The molecule has 1 atom stereocenters. The van der Waals surface area contributed by atoms with Gasteiger partial charge in [0.15, 0.2) is 0 Å². The highest BCUT2D eigenvalue weighted by atomic mass is 16.3. The standard InChI is InChI=1S/C18H24N2O/c1-20(13-12-16-8-4-2-5-9-16)15-18(21,14-19)17-10-6-3-7-11-17/h2-11,21H,12-15,19H2,1H3. The Kier molecular flexibility index (Phi) is 5.51. The van der Waals surface area contributed by atoms with Gasteiger partial charge >= 0.3 is 0 Å². The molecule has 21 heavy (non-hydrogen) atoms. The first-order valence-electron chi connectivity index (χ1n) is 7.34. The molecule has 0 saturated carbocycles. The van der Waals surface area contributed by atoms with E-state index in [0.717, 1.165) is 18.5 Å². The summed E-state index contributed by atoms with van der Waals surface area (Å²) < 4.78 is 0. The summed E-state index contributed by atoms with van der Waals surface area (Å²) in [5.74, 6) is 0. The fourth-order valence-corrected chi connectivity index (χ4v) is 2.51. The topological polar surface area (TPSA) is 49.5 Å². The number of nitrogens with zero attached hydrogens (tertiary/aromatic N) is 1. The lowest BCUT2D eigenvalue weighted by atomic mass is 9.93. The molecule has 2 aromatic rings. The lowest BCUT2D eigenvalue weighted by molar-refractivity contribution is 0.0141. The third-order valence-electron chi connectivity index (χ3n) is 3.81. The summed E-state index contributed by atoms with van der Waals surface area (Å²) in [5, 5.41) is 10.8. The average Bonchev–Trinajstić information content (AvgIpc) is 2.54. The highest BCUT2D eigenvalue weighted by Crippen LogP contribution is 2.20.